The highest BCUT2D eigenvalue weighted by atomic mass is 32.1. The lowest BCUT2D eigenvalue weighted by atomic mass is 10.1. The smallest absolute Gasteiger partial charge is 0.283 e. The summed E-state index contributed by atoms with van der Waals surface area (Å²) in [6.45, 7) is 5.46. The molecule has 2 aromatic rings. The van der Waals surface area contributed by atoms with Gasteiger partial charge in [-0.3, -0.25) is 4.79 Å². The third-order valence-corrected chi connectivity index (χ3v) is 4.16. The molecule has 0 bridgehead atoms. The molecule has 0 atom stereocenters. The van der Waals surface area contributed by atoms with E-state index >= 15 is 0 Å². The van der Waals surface area contributed by atoms with Crippen LogP contribution in [0.5, 0.6) is 0 Å². The summed E-state index contributed by atoms with van der Waals surface area (Å²) in [6.07, 6.45) is 2.04. The van der Waals surface area contributed by atoms with Gasteiger partial charge in [0.15, 0.2) is 5.01 Å². The number of carbonyl (C=O) groups is 1. The molecule has 0 radical (unpaired) electrons. The van der Waals surface area contributed by atoms with Crippen LogP contribution in [0.4, 0.5) is 0 Å². The minimum atomic E-state index is 0.0389. The van der Waals surface area contributed by atoms with E-state index in [4.69, 9.17) is 0 Å². The Kier molecular flexibility index (Phi) is 2.88. The third kappa shape index (κ3) is 2.04. The Balaban J connectivity index is 1.89. The lowest BCUT2D eigenvalue weighted by Crippen LogP contribution is -2.36. The second kappa shape index (κ2) is 4.53. The first-order valence-corrected chi connectivity index (χ1v) is 6.87. The van der Waals surface area contributed by atoms with Gasteiger partial charge < -0.3 is 4.90 Å². The van der Waals surface area contributed by atoms with E-state index in [1.807, 2.05) is 29.2 Å². The summed E-state index contributed by atoms with van der Waals surface area (Å²) in [5.74, 6) is 0.0389. The van der Waals surface area contributed by atoms with Gasteiger partial charge in [-0.2, -0.15) is 0 Å². The van der Waals surface area contributed by atoms with Gasteiger partial charge in [-0.25, -0.2) is 4.98 Å². The molecule has 1 aliphatic rings. The van der Waals surface area contributed by atoms with Gasteiger partial charge in [0.2, 0.25) is 0 Å². The highest BCUT2D eigenvalue weighted by Crippen LogP contribution is 2.24. The van der Waals surface area contributed by atoms with Gasteiger partial charge in [0.05, 0.1) is 10.2 Å². The number of amides is 1. The largest absolute Gasteiger partial charge is 0.333 e. The van der Waals surface area contributed by atoms with E-state index in [0.29, 0.717) is 11.6 Å². The first-order valence-electron chi connectivity index (χ1n) is 6.05. The summed E-state index contributed by atoms with van der Waals surface area (Å²) >= 11 is 1.47. The van der Waals surface area contributed by atoms with Crippen molar-refractivity contribution < 1.29 is 4.79 Å². The molecule has 0 saturated carbocycles. The van der Waals surface area contributed by atoms with Gasteiger partial charge >= 0.3 is 0 Å². The van der Waals surface area contributed by atoms with Crippen molar-refractivity contribution >= 4 is 27.5 Å². The number of hydrogen-bond donors (Lipinski definition) is 0. The summed E-state index contributed by atoms with van der Waals surface area (Å²) in [4.78, 5) is 18.6. The van der Waals surface area contributed by atoms with Crippen LogP contribution in [0.15, 0.2) is 36.4 Å². The molecular formula is C14H14N2OS. The van der Waals surface area contributed by atoms with Crippen molar-refractivity contribution in [3.8, 4) is 0 Å². The van der Waals surface area contributed by atoms with Gasteiger partial charge in [-0.15, -0.1) is 11.3 Å². The van der Waals surface area contributed by atoms with Crippen molar-refractivity contribution in [2.45, 2.75) is 12.8 Å². The van der Waals surface area contributed by atoms with Crippen LogP contribution >= 0.6 is 11.3 Å². The molecule has 1 aliphatic heterocycles. The highest BCUT2D eigenvalue weighted by molar-refractivity contribution is 7.20. The average Bonchev–Trinajstić information content (AvgIpc) is 2.81. The minimum absolute atomic E-state index is 0.0389. The Bertz CT molecular complexity index is 584. The molecule has 0 N–H and O–H groups in total. The molecule has 18 heavy (non-hydrogen) atoms. The lowest BCUT2D eigenvalue weighted by molar-refractivity contribution is 0.0752. The highest BCUT2D eigenvalue weighted by Gasteiger charge is 2.22. The van der Waals surface area contributed by atoms with E-state index < -0.39 is 0 Å². The van der Waals surface area contributed by atoms with Gasteiger partial charge in [-0.1, -0.05) is 24.3 Å². The Morgan fingerprint density at radius 3 is 3.00 bits per heavy atom. The van der Waals surface area contributed by atoms with Crippen molar-refractivity contribution in [1.29, 1.82) is 0 Å². The van der Waals surface area contributed by atoms with Crippen LogP contribution in [-0.4, -0.2) is 28.9 Å². The minimum Gasteiger partial charge on any atom is -0.333 e. The van der Waals surface area contributed by atoms with E-state index in [1.54, 1.807) is 0 Å². The summed E-state index contributed by atoms with van der Waals surface area (Å²) in [7, 11) is 0. The number of para-hydroxylation sites is 1. The molecule has 2 heterocycles. The number of benzene rings is 1. The van der Waals surface area contributed by atoms with Crippen molar-refractivity contribution in [3.05, 3.63) is 41.4 Å². The SMILES string of the molecule is C=C1CCCN(C(=O)c2nc3ccccc3s2)C1. The Labute approximate surface area is 110 Å². The van der Waals surface area contributed by atoms with E-state index in [0.717, 1.165) is 35.2 Å². The molecule has 1 amide bonds. The van der Waals surface area contributed by atoms with Crippen LogP contribution in [-0.2, 0) is 0 Å². The zero-order valence-corrected chi connectivity index (χ0v) is 10.9. The number of fused-ring (bicyclic) bond motifs is 1. The second-order valence-electron chi connectivity index (χ2n) is 4.57. The fraction of sp³-hybridized carbons (Fsp3) is 0.286. The maximum absolute atomic E-state index is 12.3. The third-order valence-electron chi connectivity index (χ3n) is 3.14. The quantitative estimate of drug-likeness (QED) is 0.736. The van der Waals surface area contributed by atoms with Crippen molar-refractivity contribution in [2.75, 3.05) is 13.1 Å². The number of carbonyl (C=O) groups excluding carboxylic acids is 1. The first kappa shape index (κ1) is 11.4. The fourth-order valence-corrected chi connectivity index (χ4v) is 3.15. The van der Waals surface area contributed by atoms with Gasteiger partial charge in [-0.05, 0) is 25.0 Å². The van der Waals surface area contributed by atoms with E-state index in [1.165, 1.54) is 11.3 Å². The molecule has 0 spiro atoms. The summed E-state index contributed by atoms with van der Waals surface area (Å²) in [6, 6.07) is 7.85. The molecule has 3 nitrogen and oxygen atoms in total. The Morgan fingerprint density at radius 1 is 1.39 bits per heavy atom. The topological polar surface area (TPSA) is 33.2 Å². The maximum Gasteiger partial charge on any atom is 0.283 e. The first-order chi connectivity index (χ1) is 8.74. The zero-order valence-electron chi connectivity index (χ0n) is 10.1. The Hall–Kier alpha value is -1.68. The monoisotopic (exact) mass is 258 g/mol. The van der Waals surface area contributed by atoms with E-state index in [-0.39, 0.29) is 5.91 Å². The number of piperidine rings is 1. The fourth-order valence-electron chi connectivity index (χ4n) is 2.22. The van der Waals surface area contributed by atoms with Crippen molar-refractivity contribution in [3.63, 3.8) is 0 Å². The Morgan fingerprint density at radius 2 is 2.22 bits per heavy atom. The number of likely N-dealkylation sites (tertiary alicyclic amines) is 1. The molecule has 4 heteroatoms. The normalized spacial score (nSPS) is 16.2. The molecule has 3 rings (SSSR count). The predicted molar refractivity (Wildman–Crippen MR) is 73.9 cm³/mol. The molecule has 92 valence electrons. The predicted octanol–water partition coefficient (Wildman–Crippen LogP) is 3.09. The van der Waals surface area contributed by atoms with Crippen LogP contribution in [0.3, 0.4) is 0 Å². The molecule has 0 aliphatic carbocycles. The maximum atomic E-state index is 12.3. The number of hydrogen-bond acceptors (Lipinski definition) is 3. The summed E-state index contributed by atoms with van der Waals surface area (Å²) in [5.41, 5.74) is 2.04. The summed E-state index contributed by atoms with van der Waals surface area (Å²) < 4.78 is 1.07. The van der Waals surface area contributed by atoms with Crippen LogP contribution in [0.25, 0.3) is 10.2 Å². The van der Waals surface area contributed by atoms with Gasteiger partial charge in [0.1, 0.15) is 0 Å². The number of thiazole rings is 1. The summed E-state index contributed by atoms with van der Waals surface area (Å²) in [5, 5.41) is 0.589. The van der Waals surface area contributed by atoms with Gasteiger partial charge in [0.25, 0.3) is 5.91 Å². The van der Waals surface area contributed by atoms with Crippen LogP contribution in [0.1, 0.15) is 22.6 Å². The molecule has 1 aromatic heterocycles. The zero-order chi connectivity index (χ0) is 12.5. The molecule has 1 aromatic carbocycles. The average molecular weight is 258 g/mol. The van der Waals surface area contributed by atoms with Crippen molar-refractivity contribution in [2.24, 2.45) is 0 Å². The van der Waals surface area contributed by atoms with E-state index in [9.17, 15) is 4.79 Å². The lowest BCUT2D eigenvalue weighted by Gasteiger charge is -2.27. The number of aromatic nitrogens is 1. The van der Waals surface area contributed by atoms with Crippen molar-refractivity contribution in [1.82, 2.24) is 9.88 Å². The van der Waals surface area contributed by atoms with Crippen LogP contribution in [0.2, 0.25) is 0 Å². The standard InChI is InChI=1S/C14H14N2OS/c1-10-5-4-8-16(9-10)14(17)13-15-11-6-2-3-7-12(11)18-13/h2-3,6-7H,1,4-5,8-9H2. The number of nitrogens with zero attached hydrogens (tertiary/aromatic N) is 2. The van der Waals surface area contributed by atoms with Crippen LogP contribution < -0.4 is 0 Å². The molecule has 1 fully saturated rings. The number of rotatable bonds is 1. The molecule has 0 unspecified atom stereocenters. The molecular weight excluding hydrogens is 244 g/mol. The van der Waals surface area contributed by atoms with Gasteiger partial charge in [0, 0.05) is 13.1 Å². The van der Waals surface area contributed by atoms with E-state index in [2.05, 4.69) is 11.6 Å². The second-order valence-corrected chi connectivity index (χ2v) is 5.60. The van der Waals surface area contributed by atoms with Crippen LogP contribution in [0, 0.1) is 0 Å². The molecule has 1 saturated heterocycles.